The number of halogens is 1. The largest absolute Gasteiger partial charge is 0.397 e. The van der Waals surface area contributed by atoms with Crippen molar-refractivity contribution in [3.05, 3.63) is 40.2 Å². The number of carbonyl (C=O) groups is 1. The van der Waals surface area contributed by atoms with Crippen molar-refractivity contribution in [2.75, 3.05) is 30.4 Å². The van der Waals surface area contributed by atoms with Crippen LogP contribution in [0.5, 0.6) is 0 Å². The third-order valence-electron chi connectivity index (χ3n) is 6.38. The fraction of sp³-hybridized carbons (Fsp3) is 0.455. The van der Waals surface area contributed by atoms with Gasteiger partial charge in [-0.25, -0.2) is 15.0 Å². The van der Waals surface area contributed by atoms with Gasteiger partial charge in [0.15, 0.2) is 0 Å². The number of rotatable bonds is 4. The molecule has 168 valence electrons. The summed E-state index contributed by atoms with van der Waals surface area (Å²) in [6, 6.07) is 3.60. The summed E-state index contributed by atoms with van der Waals surface area (Å²) in [6.07, 6.45) is 4.01. The first kappa shape index (κ1) is 21.0. The molecule has 0 unspecified atom stereocenters. The topological polar surface area (TPSA) is 123 Å². The van der Waals surface area contributed by atoms with Gasteiger partial charge < -0.3 is 21.7 Å². The minimum absolute atomic E-state index is 0.0140. The van der Waals surface area contributed by atoms with Gasteiger partial charge in [0.2, 0.25) is 5.95 Å². The fourth-order valence-corrected chi connectivity index (χ4v) is 5.55. The van der Waals surface area contributed by atoms with Gasteiger partial charge in [0, 0.05) is 54.1 Å². The summed E-state index contributed by atoms with van der Waals surface area (Å²) < 4.78 is 13.1. The van der Waals surface area contributed by atoms with Crippen molar-refractivity contribution in [1.29, 1.82) is 0 Å². The molecule has 1 amide bonds. The molecule has 0 saturated carbocycles. The summed E-state index contributed by atoms with van der Waals surface area (Å²) in [5.74, 6) is 0.269. The van der Waals surface area contributed by atoms with E-state index in [0.717, 1.165) is 40.0 Å². The SMILES string of the molecule is Cc1ccc2c(N)c(C(=O)N[C@@H]3CCc4nc(N5C[C@@H](CF)[C@H](N)C5)ncc4C3)sc2n1. The molecule has 0 aromatic carbocycles. The molecule has 1 fully saturated rings. The maximum atomic E-state index is 13.1. The Morgan fingerprint density at radius 1 is 1.34 bits per heavy atom. The summed E-state index contributed by atoms with van der Waals surface area (Å²) in [4.78, 5) is 29.9. The highest BCUT2D eigenvalue weighted by molar-refractivity contribution is 7.21. The van der Waals surface area contributed by atoms with E-state index >= 15 is 0 Å². The summed E-state index contributed by atoms with van der Waals surface area (Å²) in [5.41, 5.74) is 15.6. The van der Waals surface area contributed by atoms with Crippen molar-refractivity contribution in [3.8, 4) is 0 Å². The van der Waals surface area contributed by atoms with Crippen molar-refractivity contribution >= 4 is 39.1 Å². The number of hydrogen-bond donors (Lipinski definition) is 3. The monoisotopic (exact) mass is 455 g/mol. The number of nitrogens with two attached hydrogens (primary N) is 2. The minimum Gasteiger partial charge on any atom is -0.397 e. The van der Waals surface area contributed by atoms with Gasteiger partial charge in [-0.05, 0) is 43.9 Å². The Balaban J connectivity index is 1.28. The van der Waals surface area contributed by atoms with Crippen LogP contribution in [0.3, 0.4) is 0 Å². The van der Waals surface area contributed by atoms with Crippen LogP contribution < -0.4 is 21.7 Å². The van der Waals surface area contributed by atoms with Crippen molar-refractivity contribution in [2.45, 2.75) is 38.3 Å². The van der Waals surface area contributed by atoms with Gasteiger partial charge in [-0.1, -0.05) is 0 Å². The van der Waals surface area contributed by atoms with E-state index in [2.05, 4.69) is 15.3 Å². The Kier molecular flexibility index (Phi) is 5.42. The van der Waals surface area contributed by atoms with E-state index < -0.39 is 6.67 Å². The Morgan fingerprint density at radius 2 is 2.19 bits per heavy atom. The smallest absolute Gasteiger partial charge is 0.263 e. The van der Waals surface area contributed by atoms with Crippen LogP contribution in [-0.2, 0) is 12.8 Å². The third-order valence-corrected chi connectivity index (χ3v) is 7.50. The van der Waals surface area contributed by atoms with Crippen LogP contribution in [-0.4, -0.2) is 52.7 Å². The Hall–Kier alpha value is -2.85. The molecule has 1 aliphatic carbocycles. The lowest BCUT2D eigenvalue weighted by Crippen LogP contribution is -2.39. The van der Waals surface area contributed by atoms with Crippen LogP contribution in [0.15, 0.2) is 18.3 Å². The summed E-state index contributed by atoms with van der Waals surface area (Å²) in [5, 5.41) is 3.94. The Bertz CT molecular complexity index is 1180. The molecule has 8 nitrogen and oxygen atoms in total. The normalized spacial score (nSPS) is 22.8. The van der Waals surface area contributed by atoms with Gasteiger partial charge in [0.25, 0.3) is 5.91 Å². The molecular formula is C22H26FN7OS. The number of anilines is 2. The zero-order chi connectivity index (χ0) is 22.4. The standard InChI is InChI=1S/C22H26FN7OS/c1-11-2-4-15-18(25)19(32-21(15)27-11)20(31)28-14-3-5-17-12(6-14)8-26-22(29-17)30-9-13(7-23)16(24)10-30/h2,4,8,13-14,16H,3,5-7,9-10,24-25H2,1H3,(H,28,31)/t13-,14-,16-/m1/s1. The maximum Gasteiger partial charge on any atom is 0.263 e. The molecule has 1 saturated heterocycles. The molecule has 2 aliphatic rings. The summed E-state index contributed by atoms with van der Waals surface area (Å²) >= 11 is 1.32. The average Bonchev–Trinajstić information content (AvgIpc) is 3.32. The molecule has 0 bridgehead atoms. The highest BCUT2D eigenvalue weighted by Crippen LogP contribution is 2.33. The van der Waals surface area contributed by atoms with E-state index in [0.29, 0.717) is 36.0 Å². The Morgan fingerprint density at radius 3 is 2.97 bits per heavy atom. The van der Waals surface area contributed by atoms with Crippen molar-refractivity contribution < 1.29 is 9.18 Å². The number of thiophene rings is 1. The quantitative estimate of drug-likeness (QED) is 0.550. The second kappa shape index (κ2) is 8.25. The number of alkyl halides is 1. The van der Waals surface area contributed by atoms with Gasteiger partial charge in [-0.15, -0.1) is 11.3 Å². The number of nitrogens with one attached hydrogen (secondary N) is 1. The second-order valence-electron chi connectivity index (χ2n) is 8.69. The first-order valence-electron chi connectivity index (χ1n) is 10.8. The molecule has 3 atom stereocenters. The van der Waals surface area contributed by atoms with Gasteiger partial charge in [0.1, 0.15) is 9.71 Å². The molecule has 4 heterocycles. The van der Waals surface area contributed by atoms with Crippen molar-refractivity contribution in [2.24, 2.45) is 11.7 Å². The predicted molar refractivity (Wildman–Crippen MR) is 124 cm³/mol. The van der Waals surface area contributed by atoms with E-state index in [1.54, 1.807) is 0 Å². The second-order valence-corrected chi connectivity index (χ2v) is 9.69. The van der Waals surface area contributed by atoms with Crippen LogP contribution in [0.25, 0.3) is 10.2 Å². The van der Waals surface area contributed by atoms with E-state index in [1.807, 2.05) is 30.2 Å². The fourth-order valence-electron chi connectivity index (χ4n) is 4.50. The number of pyridine rings is 1. The molecule has 1 aliphatic heterocycles. The lowest BCUT2D eigenvalue weighted by atomic mass is 9.93. The number of carbonyl (C=O) groups excluding carboxylic acids is 1. The highest BCUT2D eigenvalue weighted by atomic mass is 32.1. The number of amides is 1. The molecule has 3 aromatic heterocycles. The predicted octanol–water partition coefficient (Wildman–Crippen LogP) is 2.00. The number of aryl methyl sites for hydroxylation is 2. The van der Waals surface area contributed by atoms with E-state index in [1.165, 1.54) is 11.3 Å². The lowest BCUT2D eigenvalue weighted by molar-refractivity contribution is 0.0938. The molecule has 3 aromatic rings. The minimum atomic E-state index is -0.427. The number of nitrogen functional groups attached to an aromatic ring is 1. The van der Waals surface area contributed by atoms with Crippen LogP contribution >= 0.6 is 11.3 Å². The van der Waals surface area contributed by atoms with Gasteiger partial charge >= 0.3 is 0 Å². The first-order valence-corrected chi connectivity index (χ1v) is 11.6. The van der Waals surface area contributed by atoms with Crippen LogP contribution in [0, 0.1) is 12.8 Å². The number of hydrogen-bond acceptors (Lipinski definition) is 8. The summed E-state index contributed by atoms with van der Waals surface area (Å²) in [7, 11) is 0. The molecule has 0 spiro atoms. The van der Waals surface area contributed by atoms with E-state index in [-0.39, 0.29) is 23.9 Å². The van der Waals surface area contributed by atoms with Crippen LogP contribution in [0.2, 0.25) is 0 Å². The number of nitrogens with zero attached hydrogens (tertiary/aromatic N) is 4. The molecule has 10 heteroatoms. The van der Waals surface area contributed by atoms with Crippen LogP contribution in [0.1, 0.15) is 33.0 Å². The van der Waals surface area contributed by atoms with E-state index in [9.17, 15) is 9.18 Å². The lowest BCUT2D eigenvalue weighted by Gasteiger charge is -2.26. The zero-order valence-electron chi connectivity index (χ0n) is 17.8. The third kappa shape index (κ3) is 3.77. The highest BCUT2D eigenvalue weighted by Gasteiger charge is 2.32. The average molecular weight is 456 g/mol. The molecule has 5 N–H and O–H groups in total. The number of fused-ring (bicyclic) bond motifs is 2. The molecule has 0 radical (unpaired) electrons. The number of aromatic nitrogens is 3. The van der Waals surface area contributed by atoms with Gasteiger partial charge in [-0.2, -0.15) is 0 Å². The van der Waals surface area contributed by atoms with Crippen molar-refractivity contribution in [1.82, 2.24) is 20.3 Å². The summed E-state index contributed by atoms with van der Waals surface area (Å²) in [6.45, 7) is 2.60. The molecule has 32 heavy (non-hydrogen) atoms. The molecule has 5 rings (SSSR count). The van der Waals surface area contributed by atoms with Crippen LogP contribution in [0.4, 0.5) is 16.0 Å². The Labute approximate surface area is 189 Å². The van der Waals surface area contributed by atoms with Gasteiger partial charge in [-0.3, -0.25) is 9.18 Å². The van der Waals surface area contributed by atoms with Gasteiger partial charge in [0.05, 0.1) is 12.4 Å². The molecular weight excluding hydrogens is 429 g/mol. The van der Waals surface area contributed by atoms with Crippen molar-refractivity contribution in [3.63, 3.8) is 0 Å². The van der Waals surface area contributed by atoms with E-state index in [4.69, 9.17) is 16.5 Å². The maximum absolute atomic E-state index is 13.1. The first-order chi connectivity index (χ1) is 15.4. The zero-order valence-corrected chi connectivity index (χ0v) is 18.7.